The van der Waals surface area contributed by atoms with E-state index in [-0.39, 0.29) is 41.8 Å². The minimum atomic E-state index is -3.70. The van der Waals surface area contributed by atoms with Crippen LogP contribution in [-0.2, 0) is 19.6 Å². The number of piperazine rings is 1. The number of carbonyl (C=O) groups excluding carboxylic acids is 2. The zero-order valence-corrected chi connectivity index (χ0v) is 18.8. The van der Waals surface area contributed by atoms with Crippen LogP contribution in [0.5, 0.6) is 0 Å². The number of nitrogens with zero attached hydrogens (tertiary/aromatic N) is 3. The summed E-state index contributed by atoms with van der Waals surface area (Å²) in [5.74, 6) is -0.450. The van der Waals surface area contributed by atoms with Gasteiger partial charge in [0.1, 0.15) is 5.82 Å². The third-order valence-corrected chi connectivity index (χ3v) is 7.56. The van der Waals surface area contributed by atoms with E-state index in [2.05, 4.69) is 0 Å². The molecule has 2 saturated heterocycles. The Morgan fingerprint density at radius 2 is 1.55 bits per heavy atom. The van der Waals surface area contributed by atoms with Crippen molar-refractivity contribution in [3.05, 3.63) is 30.1 Å². The number of carbonyl (C=O) groups is 2. The number of amides is 2. The lowest BCUT2D eigenvalue weighted by Crippen LogP contribution is -2.53. The van der Waals surface area contributed by atoms with Gasteiger partial charge in [0.05, 0.1) is 11.5 Å². The molecule has 3 rings (SSSR count). The molecule has 0 N–H and O–H groups in total. The fourth-order valence-corrected chi connectivity index (χ4v) is 5.27. The van der Waals surface area contributed by atoms with Crippen molar-refractivity contribution in [1.29, 1.82) is 0 Å². The molecular formula is C21H30FN3O5S. The van der Waals surface area contributed by atoms with E-state index in [4.69, 9.17) is 4.74 Å². The van der Waals surface area contributed by atoms with Crippen molar-refractivity contribution in [2.45, 2.75) is 31.6 Å². The SMILES string of the molecule is CC(C)COC(=O)N1CCN(C(=O)C2CCN(S(=O)(=O)c3ccc(F)cc3)CC2)CC1. The van der Waals surface area contributed by atoms with Gasteiger partial charge in [-0.3, -0.25) is 4.79 Å². The first-order valence-corrected chi connectivity index (χ1v) is 12.1. The lowest BCUT2D eigenvalue weighted by atomic mass is 9.96. The summed E-state index contributed by atoms with van der Waals surface area (Å²) in [7, 11) is -3.70. The second kappa shape index (κ2) is 9.95. The summed E-state index contributed by atoms with van der Waals surface area (Å²) in [6, 6.07) is 4.77. The van der Waals surface area contributed by atoms with Gasteiger partial charge in [-0.25, -0.2) is 17.6 Å². The second-order valence-electron chi connectivity index (χ2n) is 8.42. The van der Waals surface area contributed by atoms with E-state index >= 15 is 0 Å². The van der Waals surface area contributed by atoms with Crippen LogP contribution in [0.2, 0.25) is 0 Å². The Morgan fingerprint density at radius 3 is 2.10 bits per heavy atom. The van der Waals surface area contributed by atoms with Crippen molar-refractivity contribution in [3.63, 3.8) is 0 Å². The first kappa shape index (κ1) is 23.5. The number of rotatable bonds is 5. The van der Waals surface area contributed by atoms with E-state index in [9.17, 15) is 22.4 Å². The van der Waals surface area contributed by atoms with Crippen LogP contribution >= 0.6 is 0 Å². The second-order valence-corrected chi connectivity index (χ2v) is 10.4. The number of hydrogen-bond acceptors (Lipinski definition) is 5. The van der Waals surface area contributed by atoms with Crippen LogP contribution < -0.4 is 0 Å². The van der Waals surface area contributed by atoms with Crippen molar-refractivity contribution in [2.75, 3.05) is 45.9 Å². The van der Waals surface area contributed by atoms with Crippen LogP contribution in [-0.4, -0.2) is 80.4 Å². The quantitative estimate of drug-likeness (QED) is 0.679. The molecule has 2 amide bonds. The highest BCUT2D eigenvalue weighted by Gasteiger charge is 2.35. The van der Waals surface area contributed by atoms with Crippen LogP contribution in [0.1, 0.15) is 26.7 Å². The van der Waals surface area contributed by atoms with Gasteiger partial charge in [0, 0.05) is 45.2 Å². The topological polar surface area (TPSA) is 87.2 Å². The molecule has 172 valence electrons. The van der Waals surface area contributed by atoms with Gasteiger partial charge >= 0.3 is 6.09 Å². The van der Waals surface area contributed by atoms with E-state index in [1.807, 2.05) is 13.8 Å². The van der Waals surface area contributed by atoms with E-state index in [1.165, 1.54) is 16.4 Å². The Balaban J connectivity index is 1.48. The molecule has 0 bridgehead atoms. The largest absolute Gasteiger partial charge is 0.449 e. The maximum absolute atomic E-state index is 13.1. The van der Waals surface area contributed by atoms with Gasteiger partial charge in [-0.15, -0.1) is 0 Å². The number of hydrogen-bond donors (Lipinski definition) is 0. The summed E-state index contributed by atoms with van der Waals surface area (Å²) in [5.41, 5.74) is 0. The number of halogens is 1. The Morgan fingerprint density at radius 1 is 1.00 bits per heavy atom. The zero-order chi connectivity index (χ0) is 22.6. The molecule has 0 radical (unpaired) electrons. The molecule has 8 nitrogen and oxygen atoms in total. The van der Waals surface area contributed by atoms with Crippen molar-refractivity contribution >= 4 is 22.0 Å². The van der Waals surface area contributed by atoms with Gasteiger partial charge in [0.25, 0.3) is 0 Å². The molecular weight excluding hydrogens is 425 g/mol. The summed E-state index contributed by atoms with van der Waals surface area (Å²) in [6.45, 7) is 6.57. The van der Waals surface area contributed by atoms with Gasteiger partial charge in [-0.2, -0.15) is 4.31 Å². The molecule has 0 spiro atoms. The first-order valence-electron chi connectivity index (χ1n) is 10.6. The van der Waals surface area contributed by atoms with Crippen LogP contribution in [0, 0.1) is 17.7 Å². The predicted octanol–water partition coefficient (Wildman–Crippen LogP) is 2.16. The van der Waals surface area contributed by atoms with E-state index in [0.717, 1.165) is 12.1 Å². The third-order valence-electron chi connectivity index (χ3n) is 5.64. The highest BCUT2D eigenvalue weighted by Crippen LogP contribution is 2.25. The van der Waals surface area contributed by atoms with Gasteiger partial charge in [-0.1, -0.05) is 13.8 Å². The summed E-state index contributed by atoms with van der Waals surface area (Å²) in [5, 5.41) is 0. The minimum absolute atomic E-state index is 0.00836. The maximum Gasteiger partial charge on any atom is 0.409 e. The molecule has 0 aromatic heterocycles. The fraction of sp³-hybridized carbons (Fsp3) is 0.619. The molecule has 0 aliphatic carbocycles. The van der Waals surface area contributed by atoms with Gasteiger partial charge < -0.3 is 14.5 Å². The van der Waals surface area contributed by atoms with Crippen LogP contribution in [0.15, 0.2) is 29.2 Å². The van der Waals surface area contributed by atoms with Gasteiger partial charge in [0.2, 0.25) is 15.9 Å². The average Bonchev–Trinajstić information content (AvgIpc) is 2.77. The molecule has 0 atom stereocenters. The molecule has 10 heteroatoms. The van der Waals surface area contributed by atoms with Crippen molar-refractivity contribution in [1.82, 2.24) is 14.1 Å². The first-order chi connectivity index (χ1) is 14.7. The summed E-state index contributed by atoms with van der Waals surface area (Å²) < 4.78 is 45.2. The van der Waals surface area contributed by atoms with Crippen molar-refractivity contribution in [2.24, 2.45) is 11.8 Å². The Kier molecular flexibility index (Phi) is 7.53. The monoisotopic (exact) mass is 455 g/mol. The summed E-state index contributed by atoms with van der Waals surface area (Å²) in [6.07, 6.45) is 0.534. The number of benzene rings is 1. The lowest BCUT2D eigenvalue weighted by Gasteiger charge is -2.38. The molecule has 2 heterocycles. The predicted molar refractivity (Wildman–Crippen MR) is 112 cm³/mol. The lowest BCUT2D eigenvalue weighted by molar-refractivity contribution is -0.138. The number of sulfonamides is 1. The fourth-order valence-electron chi connectivity index (χ4n) is 3.80. The van der Waals surface area contributed by atoms with Gasteiger partial charge in [-0.05, 0) is 43.0 Å². The normalized spacial score (nSPS) is 19.0. The molecule has 2 aliphatic heterocycles. The minimum Gasteiger partial charge on any atom is -0.449 e. The standard InChI is InChI=1S/C21H30FN3O5S/c1-16(2)15-30-21(27)24-13-11-23(12-14-24)20(26)17-7-9-25(10-8-17)31(28,29)19-5-3-18(22)4-6-19/h3-6,16-17H,7-15H2,1-2H3. The zero-order valence-electron chi connectivity index (χ0n) is 18.0. The number of piperidine rings is 1. The maximum atomic E-state index is 13.1. The molecule has 2 aliphatic rings. The molecule has 0 unspecified atom stereocenters. The Hall–Kier alpha value is -2.20. The van der Waals surface area contributed by atoms with Crippen LogP contribution in [0.25, 0.3) is 0 Å². The Bertz CT molecular complexity index is 875. The molecule has 2 fully saturated rings. The highest BCUT2D eigenvalue weighted by atomic mass is 32.2. The Labute approximate surface area is 183 Å². The smallest absolute Gasteiger partial charge is 0.409 e. The molecule has 31 heavy (non-hydrogen) atoms. The van der Waals surface area contributed by atoms with Crippen LogP contribution in [0.3, 0.4) is 0 Å². The summed E-state index contributed by atoms with van der Waals surface area (Å²) in [4.78, 5) is 28.4. The molecule has 0 saturated carbocycles. The molecule has 1 aromatic carbocycles. The van der Waals surface area contributed by atoms with Crippen molar-refractivity contribution < 1.29 is 27.1 Å². The average molecular weight is 456 g/mol. The van der Waals surface area contributed by atoms with E-state index < -0.39 is 15.8 Å². The van der Waals surface area contributed by atoms with Crippen molar-refractivity contribution in [3.8, 4) is 0 Å². The highest BCUT2D eigenvalue weighted by molar-refractivity contribution is 7.89. The van der Waals surface area contributed by atoms with E-state index in [1.54, 1.807) is 9.80 Å². The number of ether oxygens (including phenoxy) is 1. The van der Waals surface area contributed by atoms with Gasteiger partial charge in [0.15, 0.2) is 0 Å². The van der Waals surface area contributed by atoms with Crippen LogP contribution in [0.4, 0.5) is 9.18 Å². The third kappa shape index (κ3) is 5.74. The van der Waals surface area contributed by atoms with E-state index in [0.29, 0.717) is 45.6 Å². The summed E-state index contributed by atoms with van der Waals surface area (Å²) >= 11 is 0. The molecule has 1 aromatic rings.